The van der Waals surface area contributed by atoms with Crippen LogP contribution in [-0.4, -0.2) is 54.5 Å². The Morgan fingerprint density at radius 2 is 2.00 bits per heavy atom. The van der Waals surface area contributed by atoms with Crippen LogP contribution in [0.25, 0.3) is 0 Å². The number of aryl methyl sites for hydroxylation is 2. The minimum atomic E-state index is 0. The van der Waals surface area contributed by atoms with Crippen molar-refractivity contribution in [3.05, 3.63) is 52.2 Å². The van der Waals surface area contributed by atoms with Crippen molar-refractivity contribution in [1.82, 2.24) is 20.1 Å². The second-order valence-electron chi connectivity index (χ2n) is 7.84. The third-order valence-corrected chi connectivity index (χ3v) is 6.00. The summed E-state index contributed by atoms with van der Waals surface area (Å²) in [5.74, 6) is 3.30. The highest BCUT2D eigenvalue weighted by Gasteiger charge is 2.21. The number of hydrogen-bond donors (Lipinski definition) is 1. The summed E-state index contributed by atoms with van der Waals surface area (Å²) in [5, 5.41) is 4.33. The predicted octanol–water partition coefficient (Wildman–Crippen LogP) is 4.48. The molecule has 1 fully saturated rings. The van der Waals surface area contributed by atoms with Crippen molar-refractivity contribution in [2.24, 2.45) is 10.9 Å². The molecule has 6 nitrogen and oxygen atoms in total. The van der Waals surface area contributed by atoms with E-state index in [1.807, 2.05) is 46.1 Å². The van der Waals surface area contributed by atoms with Crippen molar-refractivity contribution < 1.29 is 4.42 Å². The molecule has 0 bridgehead atoms. The molecule has 1 aliphatic rings. The Balaban J connectivity index is 0.00000320. The molecule has 0 saturated carbocycles. The largest absolute Gasteiger partial charge is 0.444 e. The number of nitrogens with one attached hydrogen (secondary N) is 1. The number of oxazole rings is 1. The molecule has 0 atom stereocenters. The molecule has 0 unspecified atom stereocenters. The van der Waals surface area contributed by atoms with Crippen LogP contribution in [0, 0.1) is 19.8 Å². The maximum Gasteiger partial charge on any atom is 0.208 e. The summed E-state index contributed by atoms with van der Waals surface area (Å²) in [4.78, 5) is 13.5. The van der Waals surface area contributed by atoms with Crippen LogP contribution >= 0.6 is 35.6 Å². The topological polar surface area (TPSA) is 56.9 Å². The Labute approximate surface area is 202 Å². The fourth-order valence-corrected chi connectivity index (χ4v) is 3.92. The van der Waals surface area contributed by atoms with Gasteiger partial charge in [-0.2, -0.15) is 0 Å². The maximum absolute atomic E-state index is 6.29. The number of hydrogen-bond acceptors (Lipinski definition) is 4. The molecule has 1 saturated heterocycles. The third-order valence-electron chi connectivity index (χ3n) is 5.63. The van der Waals surface area contributed by atoms with Crippen molar-refractivity contribution >= 4 is 41.5 Å². The normalized spacial score (nSPS) is 15.7. The van der Waals surface area contributed by atoms with E-state index in [1.54, 1.807) is 0 Å². The Bertz CT molecular complexity index is 813. The first-order valence-corrected chi connectivity index (χ1v) is 10.6. The number of benzene rings is 1. The van der Waals surface area contributed by atoms with Gasteiger partial charge in [0.1, 0.15) is 5.76 Å². The number of aliphatic imine (C=N–C) groups is 1. The van der Waals surface area contributed by atoms with E-state index in [1.165, 1.54) is 0 Å². The smallest absolute Gasteiger partial charge is 0.208 e. The Kier molecular flexibility index (Phi) is 9.90. The highest BCUT2D eigenvalue weighted by atomic mass is 127. The lowest BCUT2D eigenvalue weighted by molar-refractivity contribution is 0.163. The number of halogens is 2. The molecule has 2 aromatic rings. The molecule has 2 heterocycles. The molecule has 8 heteroatoms. The number of likely N-dealkylation sites (tertiary alicyclic amines) is 1. The van der Waals surface area contributed by atoms with Crippen LogP contribution in [0.5, 0.6) is 0 Å². The van der Waals surface area contributed by atoms with E-state index in [-0.39, 0.29) is 24.0 Å². The summed E-state index contributed by atoms with van der Waals surface area (Å²) in [6, 6.07) is 7.95. The molecule has 30 heavy (non-hydrogen) atoms. The summed E-state index contributed by atoms with van der Waals surface area (Å²) in [6.07, 6.45) is 2.33. The summed E-state index contributed by atoms with van der Waals surface area (Å²) in [6.45, 7) is 8.57. The highest BCUT2D eigenvalue weighted by molar-refractivity contribution is 14.0. The second-order valence-corrected chi connectivity index (χ2v) is 8.25. The predicted molar refractivity (Wildman–Crippen MR) is 134 cm³/mol. The van der Waals surface area contributed by atoms with E-state index < -0.39 is 0 Å². The van der Waals surface area contributed by atoms with Gasteiger partial charge in [-0.1, -0.05) is 29.8 Å². The minimum absolute atomic E-state index is 0. The zero-order valence-corrected chi connectivity index (χ0v) is 21.4. The van der Waals surface area contributed by atoms with Crippen LogP contribution in [0.1, 0.15) is 35.7 Å². The fraction of sp³-hybridized carbons (Fsp3) is 0.545. The van der Waals surface area contributed by atoms with Crippen LogP contribution in [0.15, 0.2) is 33.7 Å². The van der Waals surface area contributed by atoms with Gasteiger partial charge in [-0.05, 0) is 57.3 Å². The lowest BCUT2D eigenvalue weighted by Gasteiger charge is -2.32. The Morgan fingerprint density at radius 1 is 1.30 bits per heavy atom. The molecule has 3 rings (SSSR count). The fourth-order valence-electron chi connectivity index (χ4n) is 3.72. The van der Waals surface area contributed by atoms with Crippen molar-refractivity contribution in [2.45, 2.75) is 39.8 Å². The Morgan fingerprint density at radius 3 is 2.60 bits per heavy atom. The van der Waals surface area contributed by atoms with E-state index in [2.05, 4.69) is 31.2 Å². The molecule has 1 aromatic carbocycles. The van der Waals surface area contributed by atoms with Gasteiger partial charge in [-0.25, -0.2) is 4.98 Å². The van der Waals surface area contributed by atoms with Crippen molar-refractivity contribution in [2.75, 3.05) is 33.7 Å². The third kappa shape index (κ3) is 6.85. The van der Waals surface area contributed by atoms with Gasteiger partial charge < -0.3 is 14.6 Å². The van der Waals surface area contributed by atoms with Gasteiger partial charge in [0.15, 0.2) is 5.96 Å². The van der Waals surface area contributed by atoms with Gasteiger partial charge >= 0.3 is 0 Å². The first-order chi connectivity index (χ1) is 14.0. The molecule has 166 valence electrons. The van der Waals surface area contributed by atoms with E-state index in [9.17, 15) is 0 Å². The molecular weight excluding hydrogens is 513 g/mol. The van der Waals surface area contributed by atoms with Crippen molar-refractivity contribution in [3.8, 4) is 0 Å². The number of aromatic nitrogens is 1. The van der Waals surface area contributed by atoms with Gasteiger partial charge in [0, 0.05) is 32.2 Å². The summed E-state index contributed by atoms with van der Waals surface area (Å²) < 4.78 is 5.73. The van der Waals surface area contributed by atoms with Crippen LogP contribution in [0.2, 0.25) is 5.02 Å². The quantitative estimate of drug-likeness (QED) is 0.330. The first kappa shape index (κ1) is 24.9. The maximum atomic E-state index is 6.29. The number of piperidine rings is 1. The zero-order chi connectivity index (χ0) is 20.8. The van der Waals surface area contributed by atoms with Gasteiger partial charge in [0.05, 0.1) is 12.2 Å². The van der Waals surface area contributed by atoms with Gasteiger partial charge in [-0.3, -0.25) is 9.89 Å². The van der Waals surface area contributed by atoms with Gasteiger partial charge in [0.2, 0.25) is 5.89 Å². The molecule has 0 amide bonds. The average molecular weight is 546 g/mol. The van der Waals surface area contributed by atoms with Gasteiger partial charge in [-0.15, -0.1) is 24.0 Å². The molecule has 0 spiro atoms. The number of nitrogens with zero attached hydrogens (tertiary/aromatic N) is 4. The standard InChI is InChI=1S/C22H32ClN5O.HI/c1-16-17(2)29-21(26-16)15-28-11-9-18(10-12-28)13-25-22(24-3)27(4)14-19-7-5-6-8-20(19)23;/h5-8,18H,9-15H2,1-4H3,(H,24,25);1H. The molecular formula is C22H33ClIN5O. The Hall–Kier alpha value is -1.32. The zero-order valence-electron chi connectivity index (χ0n) is 18.3. The lowest BCUT2D eigenvalue weighted by atomic mass is 9.97. The monoisotopic (exact) mass is 545 g/mol. The summed E-state index contributed by atoms with van der Waals surface area (Å²) in [7, 11) is 3.87. The van der Waals surface area contributed by atoms with Crippen LogP contribution < -0.4 is 5.32 Å². The molecule has 1 aromatic heterocycles. The molecule has 1 aliphatic heterocycles. The second kappa shape index (κ2) is 11.9. The number of guanidine groups is 1. The van der Waals surface area contributed by atoms with Gasteiger partial charge in [0.25, 0.3) is 0 Å². The molecule has 0 aliphatic carbocycles. The first-order valence-electron chi connectivity index (χ1n) is 10.3. The van der Waals surface area contributed by atoms with E-state index in [4.69, 9.17) is 16.0 Å². The van der Waals surface area contributed by atoms with Crippen LogP contribution in [0.4, 0.5) is 0 Å². The minimum Gasteiger partial charge on any atom is -0.444 e. The van der Waals surface area contributed by atoms with E-state index in [0.717, 1.165) is 79.5 Å². The van der Waals surface area contributed by atoms with E-state index in [0.29, 0.717) is 5.92 Å². The lowest BCUT2D eigenvalue weighted by Crippen LogP contribution is -2.43. The molecule has 1 N–H and O–H groups in total. The van der Waals surface area contributed by atoms with Crippen molar-refractivity contribution in [1.29, 1.82) is 0 Å². The van der Waals surface area contributed by atoms with Crippen molar-refractivity contribution in [3.63, 3.8) is 0 Å². The highest BCUT2D eigenvalue weighted by Crippen LogP contribution is 2.20. The van der Waals surface area contributed by atoms with E-state index >= 15 is 0 Å². The summed E-state index contributed by atoms with van der Waals surface area (Å²) >= 11 is 6.29. The SMILES string of the molecule is CN=C(NCC1CCN(Cc2nc(C)c(C)o2)CC1)N(C)Cc1ccccc1Cl.I. The van der Waals surface area contributed by atoms with Crippen LogP contribution in [-0.2, 0) is 13.1 Å². The number of rotatable bonds is 6. The molecule has 0 radical (unpaired) electrons. The van der Waals surface area contributed by atoms with Crippen LogP contribution in [0.3, 0.4) is 0 Å². The summed E-state index contributed by atoms with van der Waals surface area (Å²) in [5.41, 5.74) is 2.09. The average Bonchev–Trinajstić information content (AvgIpc) is 3.02.